The Hall–Kier alpha value is -3.86. The minimum Gasteiger partial charge on any atom is -0.491 e. The van der Waals surface area contributed by atoms with E-state index in [9.17, 15) is 4.91 Å². The Labute approximate surface area is 205 Å². The number of benzene rings is 1. The van der Waals surface area contributed by atoms with Gasteiger partial charge in [-0.25, -0.2) is 9.97 Å². The van der Waals surface area contributed by atoms with Gasteiger partial charge < -0.3 is 26.1 Å². The van der Waals surface area contributed by atoms with Crippen molar-refractivity contribution in [3.05, 3.63) is 52.7 Å². The highest BCUT2D eigenvalue weighted by atomic mass is 16.5. The predicted octanol–water partition coefficient (Wildman–Crippen LogP) is 3.43. The second kappa shape index (κ2) is 11.5. The molecule has 1 atom stereocenters. The van der Waals surface area contributed by atoms with Crippen LogP contribution in [-0.4, -0.2) is 57.7 Å². The van der Waals surface area contributed by atoms with Gasteiger partial charge in [0.2, 0.25) is 0 Å². The molecule has 2 aromatic heterocycles. The molecule has 0 spiro atoms. The maximum atomic E-state index is 11.0. The first kappa shape index (κ1) is 25.8. The van der Waals surface area contributed by atoms with Crippen molar-refractivity contribution in [3.8, 4) is 17.1 Å². The molecule has 2 heterocycles. The lowest BCUT2D eigenvalue weighted by Crippen LogP contribution is -2.28. The summed E-state index contributed by atoms with van der Waals surface area (Å²) >= 11 is 0. The Morgan fingerprint density at radius 3 is 2.63 bits per heavy atom. The molecule has 0 aliphatic heterocycles. The lowest BCUT2D eigenvalue weighted by Gasteiger charge is -2.24. The van der Waals surface area contributed by atoms with E-state index in [0.717, 1.165) is 11.3 Å². The van der Waals surface area contributed by atoms with Gasteiger partial charge in [-0.05, 0) is 46.0 Å². The molecule has 11 heteroatoms. The van der Waals surface area contributed by atoms with Crippen LogP contribution < -0.4 is 20.7 Å². The van der Waals surface area contributed by atoms with Gasteiger partial charge in [-0.2, -0.15) is 10.0 Å². The number of aryl methyl sites for hydroxylation is 1. The number of aromatic nitrogens is 4. The van der Waals surface area contributed by atoms with Crippen molar-refractivity contribution in [1.29, 1.82) is 5.41 Å². The van der Waals surface area contributed by atoms with E-state index in [-0.39, 0.29) is 12.1 Å². The van der Waals surface area contributed by atoms with Gasteiger partial charge in [-0.1, -0.05) is 17.3 Å². The largest absolute Gasteiger partial charge is 0.491 e. The van der Waals surface area contributed by atoms with Gasteiger partial charge in [0.1, 0.15) is 30.0 Å². The molecule has 4 N–H and O–H groups in total. The molecule has 3 aromatic rings. The third kappa shape index (κ3) is 7.31. The summed E-state index contributed by atoms with van der Waals surface area (Å²) in [6, 6.07) is 8.80. The minimum atomic E-state index is -0.489. The molecule has 0 radical (unpaired) electrons. The molecule has 0 aliphatic carbocycles. The lowest BCUT2D eigenvalue weighted by atomic mass is 10.1. The molecule has 1 aromatic carbocycles. The van der Waals surface area contributed by atoms with E-state index in [0.29, 0.717) is 41.9 Å². The Morgan fingerprint density at radius 1 is 1.23 bits per heavy atom. The number of hydrogen-bond acceptors (Lipinski definition) is 10. The number of ether oxygens (including phenoxy) is 1. The molecule has 0 saturated carbocycles. The average molecular weight is 480 g/mol. The van der Waals surface area contributed by atoms with Crippen LogP contribution in [-0.2, 0) is 13.6 Å². The van der Waals surface area contributed by atoms with E-state index in [1.54, 1.807) is 11.7 Å². The number of nitrogens with zero attached hydrogens (tertiary/aromatic N) is 5. The Morgan fingerprint density at radius 2 is 2.00 bits per heavy atom. The molecule has 0 unspecified atom stereocenters. The highest BCUT2D eigenvalue weighted by molar-refractivity contribution is 5.91. The van der Waals surface area contributed by atoms with Crippen molar-refractivity contribution in [2.24, 2.45) is 12.2 Å². The summed E-state index contributed by atoms with van der Waals surface area (Å²) < 4.78 is 7.54. The summed E-state index contributed by atoms with van der Waals surface area (Å²) in [6.45, 7) is 7.13. The van der Waals surface area contributed by atoms with Gasteiger partial charge >= 0.3 is 0 Å². The van der Waals surface area contributed by atoms with E-state index in [1.807, 2.05) is 64.3 Å². The highest BCUT2D eigenvalue weighted by Crippen LogP contribution is 2.28. The van der Waals surface area contributed by atoms with Crippen LogP contribution in [0.3, 0.4) is 0 Å². The zero-order valence-electron chi connectivity index (χ0n) is 20.8. The van der Waals surface area contributed by atoms with Gasteiger partial charge in [0.05, 0.1) is 17.8 Å². The Bertz CT molecular complexity index is 1150. The average Bonchev–Trinajstić information content (AvgIpc) is 3.24. The van der Waals surface area contributed by atoms with E-state index in [2.05, 4.69) is 26.2 Å². The zero-order chi connectivity index (χ0) is 25.4. The maximum Gasteiger partial charge on any atom is 0.164 e. The summed E-state index contributed by atoms with van der Waals surface area (Å²) in [5, 5.41) is 25.1. The van der Waals surface area contributed by atoms with Crippen molar-refractivity contribution in [2.75, 3.05) is 30.8 Å². The number of nitroso groups, excluding NO2 is 1. The number of likely N-dealkylation sites (N-methyl/N-ethyl adjacent to an activating group) is 1. The molecule has 0 amide bonds. The van der Waals surface area contributed by atoms with Crippen LogP contribution in [0.25, 0.3) is 11.4 Å². The van der Waals surface area contributed by atoms with Crippen molar-refractivity contribution >= 4 is 17.9 Å². The minimum absolute atomic E-state index is 0.162. The standard InChI is InChI=1S/C24H33N9O2/c1-24(2,3)30-23-20(12-25)22(27-14-17-9-10-33(5)31-17)28-21(29-23)16-7-6-8-19(11-16)35-15-18(32-34)13-26-4/h6-12,18,25-26H,13-15H2,1-5H3,(H2,27,28,29,30)/t18-/m0/s1. The van der Waals surface area contributed by atoms with E-state index in [4.69, 9.17) is 20.1 Å². The molecular formula is C24H33N9O2. The first-order valence-electron chi connectivity index (χ1n) is 11.4. The molecule has 35 heavy (non-hydrogen) atoms. The third-order valence-corrected chi connectivity index (χ3v) is 4.91. The van der Waals surface area contributed by atoms with Crippen molar-refractivity contribution in [2.45, 2.75) is 38.9 Å². The molecule has 186 valence electrons. The molecule has 0 bridgehead atoms. The fourth-order valence-corrected chi connectivity index (χ4v) is 3.33. The number of nitrogens with one attached hydrogen (secondary N) is 4. The molecule has 3 rings (SSSR count). The molecule has 0 saturated heterocycles. The second-order valence-electron chi connectivity index (χ2n) is 9.17. The van der Waals surface area contributed by atoms with Crippen LogP contribution in [0, 0.1) is 10.3 Å². The van der Waals surface area contributed by atoms with E-state index in [1.165, 1.54) is 6.21 Å². The summed E-state index contributed by atoms with van der Waals surface area (Å²) in [6.07, 6.45) is 3.12. The topological polar surface area (TPSA) is 142 Å². The van der Waals surface area contributed by atoms with Gasteiger partial charge in [0.15, 0.2) is 5.82 Å². The summed E-state index contributed by atoms with van der Waals surface area (Å²) in [4.78, 5) is 20.5. The number of hydrogen-bond donors (Lipinski definition) is 4. The van der Waals surface area contributed by atoms with Crippen LogP contribution in [0.1, 0.15) is 32.0 Å². The smallest absolute Gasteiger partial charge is 0.164 e. The van der Waals surface area contributed by atoms with Gasteiger partial charge in [0.25, 0.3) is 0 Å². The number of rotatable bonds is 12. The van der Waals surface area contributed by atoms with Crippen LogP contribution >= 0.6 is 0 Å². The summed E-state index contributed by atoms with van der Waals surface area (Å²) in [5.74, 6) is 2.12. The maximum absolute atomic E-state index is 11.0. The van der Waals surface area contributed by atoms with Gasteiger partial charge in [-0.15, -0.1) is 0 Å². The zero-order valence-corrected chi connectivity index (χ0v) is 20.8. The molecular weight excluding hydrogens is 446 g/mol. The summed E-state index contributed by atoms with van der Waals surface area (Å²) in [5.41, 5.74) is 1.86. The Balaban J connectivity index is 1.95. The highest BCUT2D eigenvalue weighted by Gasteiger charge is 2.19. The normalized spacial score (nSPS) is 12.1. The number of anilines is 2. The van der Waals surface area contributed by atoms with Gasteiger partial charge in [-0.3, -0.25) is 4.68 Å². The van der Waals surface area contributed by atoms with E-state index >= 15 is 0 Å². The van der Waals surface area contributed by atoms with Gasteiger partial charge in [0, 0.05) is 37.1 Å². The molecule has 0 fully saturated rings. The van der Waals surface area contributed by atoms with Crippen LogP contribution in [0.4, 0.5) is 11.6 Å². The van der Waals surface area contributed by atoms with Crippen LogP contribution in [0.2, 0.25) is 0 Å². The quantitative estimate of drug-likeness (QED) is 0.229. The van der Waals surface area contributed by atoms with Crippen molar-refractivity contribution in [1.82, 2.24) is 25.1 Å². The monoisotopic (exact) mass is 479 g/mol. The summed E-state index contributed by atoms with van der Waals surface area (Å²) in [7, 11) is 3.62. The third-order valence-electron chi connectivity index (χ3n) is 4.91. The Kier molecular flexibility index (Phi) is 8.48. The van der Waals surface area contributed by atoms with Crippen molar-refractivity contribution in [3.63, 3.8) is 0 Å². The fraction of sp³-hybridized carbons (Fsp3) is 0.417. The van der Waals surface area contributed by atoms with E-state index < -0.39 is 6.04 Å². The van der Waals surface area contributed by atoms with Crippen LogP contribution in [0.15, 0.2) is 41.7 Å². The predicted molar refractivity (Wildman–Crippen MR) is 138 cm³/mol. The lowest BCUT2D eigenvalue weighted by molar-refractivity contribution is 0.286. The first-order valence-corrected chi connectivity index (χ1v) is 11.4. The van der Waals surface area contributed by atoms with Crippen molar-refractivity contribution < 1.29 is 4.74 Å². The SMILES string of the molecule is CNC[C@@H](COc1cccc(-c2nc(NCc3ccn(C)n3)c(C=N)c(NC(C)(C)C)n2)c1)N=O. The molecule has 11 nitrogen and oxygen atoms in total. The first-order chi connectivity index (χ1) is 16.7. The molecule has 0 aliphatic rings. The van der Waals surface area contributed by atoms with Crippen LogP contribution in [0.5, 0.6) is 5.75 Å². The second-order valence-corrected chi connectivity index (χ2v) is 9.17. The fourth-order valence-electron chi connectivity index (χ4n) is 3.33.